The lowest BCUT2D eigenvalue weighted by atomic mass is 10.0. The third-order valence-corrected chi connectivity index (χ3v) is 5.88. The highest BCUT2D eigenvalue weighted by Crippen LogP contribution is 2.23. The third-order valence-electron chi connectivity index (χ3n) is 5.88. The van der Waals surface area contributed by atoms with E-state index in [1.165, 1.54) is 6.42 Å². The maximum Gasteiger partial charge on any atom is 0.244 e. The van der Waals surface area contributed by atoms with Gasteiger partial charge in [0.25, 0.3) is 0 Å². The van der Waals surface area contributed by atoms with E-state index in [1.807, 2.05) is 64.4 Å². The van der Waals surface area contributed by atoms with Gasteiger partial charge in [0.05, 0.1) is 0 Å². The van der Waals surface area contributed by atoms with E-state index in [2.05, 4.69) is 5.32 Å². The van der Waals surface area contributed by atoms with E-state index in [4.69, 9.17) is 0 Å². The summed E-state index contributed by atoms with van der Waals surface area (Å²) in [6.45, 7) is 3.11. The van der Waals surface area contributed by atoms with Crippen molar-refractivity contribution in [2.45, 2.75) is 44.7 Å². The van der Waals surface area contributed by atoms with Crippen LogP contribution in [0.25, 0.3) is 0 Å². The Morgan fingerprint density at radius 2 is 1.62 bits per heavy atom. The van der Waals surface area contributed by atoms with Gasteiger partial charge in [-0.25, -0.2) is 0 Å². The van der Waals surface area contributed by atoms with Crippen LogP contribution in [0.2, 0.25) is 0 Å². The fourth-order valence-electron chi connectivity index (χ4n) is 4.22. The van der Waals surface area contributed by atoms with Gasteiger partial charge in [-0.1, -0.05) is 42.5 Å². The van der Waals surface area contributed by atoms with Gasteiger partial charge >= 0.3 is 0 Å². The first kappa shape index (κ1) is 19.6. The summed E-state index contributed by atoms with van der Waals surface area (Å²) in [4.78, 5) is 29.0. The monoisotopic (exact) mass is 391 g/mol. The molecule has 1 atom stereocenters. The standard InChI is InChI=1S/C24H29N3O2/c28-22-10-7-17-27(22)21-13-11-19(12-14-21)18-25-23(20-8-3-1-4-9-20)24(29)26-15-5-2-6-16-26/h1,3-4,8-9,11-14,23,25H,2,5-7,10,15-18H2/t23-/m1/s1. The number of hydrogen-bond acceptors (Lipinski definition) is 3. The molecule has 1 N–H and O–H groups in total. The SMILES string of the molecule is O=C([C@H](NCc1ccc(N2CCCC2=O)cc1)c1ccccc1)N1CCCCC1. The first-order valence-corrected chi connectivity index (χ1v) is 10.7. The van der Waals surface area contributed by atoms with Crippen molar-refractivity contribution in [2.75, 3.05) is 24.5 Å². The van der Waals surface area contributed by atoms with Crippen molar-refractivity contribution in [2.24, 2.45) is 0 Å². The van der Waals surface area contributed by atoms with Crippen molar-refractivity contribution < 1.29 is 9.59 Å². The quantitative estimate of drug-likeness (QED) is 0.818. The average Bonchev–Trinajstić information content (AvgIpc) is 3.21. The Labute approximate surface area is 172 Å². The van der Waals surface area contributed by atoms with E-state index >= 15 is 0 Å². The van der Waals surface area contributed by atoms with Gasteiger partial charge in [-0.2, -0.15) is 0 Å². The molecule has 4 rings (SSSR count). The number of anilines is 1. The molecule has 0 bridgehead atoms. The number of hydrogen-bond donors (Lipinski definition) is 1. The Kier molecular flexibility index (Phi) is 6.25. The second-order valence-electron chi connectivity index (χ2n) is 7.93. The lowest BCUT2D eigenvalue weighted by Gasteiger charge is -2.31. The molecule has 2 aliphatic heterocycles. The van der Waals surface area contributed by atoms with Gasteiger partial charge < -0.3 is 9.80 Å². The molecule has 2 heterocycles. The molecule has 5 heteroatoms. The molecule has 2 aromatic carbocycles. The maximum atomic E-state index is 13.2. The number of benzene rings is 2. The smallest absolute Gasteiger partial charge is 0.244 e. The number of rotatable bonds is 6. The van der Waals surface area contributed by atoms with Gasteiger partial charge in [0.15, 0.2) is 0 Å². The van der Waals surface area contributed by atoms with Crippen LogP contribution >= 0.6 is 0 Å². The van der Waals surface area contributed by atoms with Gasteiger partial charge in [0.2, 0.25) is 11.8 Å². The van der Waals surface area contributed by atoms with E-state index in [0.29, 0.717) is 13.0 Å². The van der Waals surface area contributed by atoms with Gasteiger partial charge in [0.1, 0.15) is 6.04 Å². The van der Waals surface area contributed by atoms with Crippen molar-refractivity contribution in [1.29, 1.82) is 0 Å². The van der Waals surface area contributed by atoms with Crippen molar-refractivity contribution in [3.8, 4) is 0 Å². The Bertz CT molecular complexity index is 829. The zero-order valence-electron chi connectivity index (χ0n) is 16.8. The molecule has 2 aliphatic rings. The molecule has 0 saturated carbocycles. The van der Waals surface area contributed by atoms with E-state index in [0.717, 1.165) is 55.7 Å². The predicted octanol–water partition coefficient (Wildman–Crippen LogP) is 3.66. The summed E-state index contributed by atoms with van der Waals surface area (Å²) in [5, 5.41) is 3.48. The summed E-state index contributed by atoms with van der Waals surface area (Å²) in [5.74, 6) is 0.363. The molecule has 2 fully saturated rings. The van der Waals surface area contributed by atoms with Crippen molar-refractivity contribution in [3.05, 3.63) is 65.7 Å². The second kappa shape index (κ2) is 9.23. The minimum Gasteiger partial charge on any atom is -0.341 e. The Morgan fingerprint density at radius 1 is 0.897 bits per heavy atom. The second-order valence-corrected chi connectivity index (χ2v) is 7.93. The minimum atomic E-state index is -0.339. The van der Waals surface area contributed by atoms with Gasteiger partial charge in [-0.3, -0.25) is 14.9 Å². The molecular weight excluding hydrogens is 362 g/mol. The van der Waals surface area contributed by atoms with E-state index in [-0.39, 0.29) is 17.9 Å². The summed E-state index contributed by atoms with van der Waals surface area (Å²) >= 11 is 0. The number of likely N-dealkylation sites (tertiary alicyclic amines) is 1. The van der Waals surface area contributed by atoms with Crippen molar-refractivity contribution >= 4 is 17.5 Å². The highest BCUT2D eigenvalue weighted by molar-refractivity contribution is 5.95. The molecule has 0 radical (unpaired) electrons. The van der Waals surface area contributed by atoms with Crippen LogP contribution in [0.3, 0.4) is 0 Å². The number of nitrogens with zero attached hydrogens (tertiary/aromatic N) is 2. The van der Waals surface area contributed by atoms with Gasteiger partial charge in [-0.05, 0) is 48.9 Å². The van der Waals surface area contributed by atoms with Crippen molar-refractivity contribution in [1.82, 2.24) is 10.2 Å². The first-order chi connectivity index (χ1) is 14.2. The van der Waals surface area contributed by atoms with Crippen LogP contribution in [-0.2, 0) is 16.1 Å². The van der Waals surface area contributed by atoms with Crippen LogP contribution in [-0.4, -0.2) is 36.3 Å². The van der Waals surface area contributed by atoms with Crippen LogP contribution in [0.5, 0.6) is 0 Å². The molecular formula is C24H29N3O2. The molecule has 2 saturated heterocycles. The maximum absolute atomic E-state index is 13.2. The molecule has 29 heavy (non-hydrogen) atoms. The van der Waals surface area contributed by atoms with Crippen molar-refractivity contribution in [3.63, 3.8) is 0 Å². The topological polar surface area (TPSA) is 52.7 Å². The molecule has 5 nitrogen and oxygen atoms in total. The zero-order valence-corrected chi connectivity index (χ0v) is 16.8. The number of piperidine rings is 1. The number of carbonyl (C=O) groups is 2. The molecule has 2 aromatic rings. The van der Waals surface area contributed by atoms with E-state index in [9.17, 15) is 9.59 Å². The summed E-state index contributed by atoms with van der Waals surface area (Å²) in [7, 11) is 0. The van der Waals surface area contributed by atoms with Crippen LogP contribution in [0.15, 0.2) is 54.6 Å². The first-order valence-electron chi connectivity index (χ1n) is 10.7. The predicted molar refractivity (Wildman–Crippen MR) is 114 cm³/mol. The average molecular weight is 392 g/mol. The van der Waals surface area contributed by atoms with Crippen LogP contribution in [0, 0.1) is 0 Å². The zero-order chi connectivity index (χ0) is 20.1. The summed E-state index contributed by atoms with van der Waals surface area (Å²) < 4.78 is 0. The number of amides is 2. The molecule has 0 spiro atoms. The van der Waals surface area contributed by atoms with Gasteiger partial charge in [-0.15, -0.1) is 0 Å². The summed E-state index contributed by atoms with van der Waals surface area (Å²) in [6.07, 6.45) is 4.95. The van der Waals surface area contributed by atoms with Crippen LogP contribution < -0.4 is 10.2 Å². The van der Waals surface area contributed by atoms with E-state index in [1.54, 1.807) is 0 Å². The third kappa shape index (κ3) is 4.67. The number of nitrogens with one attached hydrogen (secondary N) is 1. The van der Waals surface area contributed by atoms with Crippen LogP contribution in [0.4, 0.5) is 5.69 Å². The van der Waals surface area contributed by atoms with E-state index < -0.39 is 0 Å². The molecule has 0 aromatic heterocycles. The molecule has 0 unspecified atom stereocenters. The fourth-order valence-corrected chi connectivity index (χ4v) is 4.22. The molecule has 2 amide bonds. The normalized spacial score (nSPS) is 18.1. The Hall–Kier alpha value is -2.66. The fraction of sp³-hybridized carbons (Fsp3) is 0.417. The Balaban J connectivity index is 1.45. The molecule has 152 valence electrons. The summed E-state index contributed by atoms with van der Waals surface area (Å²) in [5.41, 5.74) is 3.07. The van der Waals surface area contributed by atoms with Crippen LogP contribution in [0.1, 0.15) is 49.3 Å². The Morgan fingerprint density at radius 3 is 2.28 bits per heavy atom. The highest BCUT2D eigenvalue weighted by atomic mass is 16.2. The largest absolute Gasteiger partial charge is 0.341 e. The highest BCUT2D eigenvalue weighted by Gasteiger charge is 2.26. The molecule has 0 aliphatic carbocycles. The summed E-state index contributed by atoms with van der Waals surface area (Å²) in [6, 6.07) is 17.7. The van der Waals surface area contributed by atoms with Gasteiger partial charge in [0, 0.05) is 38.3 Å². The number of carbonyl (C=O) groups excluding carboxylic acids is 2. The lowest BCUT2D eigenvalue weighted by molar-refractivity contribution is -0.134. The lowest BCUT2D eigenvalue weighted by Crippen LogP contribution is -2.43. The minimum absolute atomic E-state index is 0.162.